The van der Waals surface area contributed by atoms with Crippen molar-refractivity contribution in [2.24, 2.45) is 0 Å². The zero-order chi connectivity index (χ0) is 13.3. The van der Waals surface area contributed by atoms with Gasteiger partial charge in [0.25, 0.3) is 10.1 Å². The largest absolute Gasteiger partial charge is 0.295 e. The molecule has 0 aliphatic heterocycles. The van der Waals surface area contributed by atoms with Gasteiger partial charge in [-0.3, -0.25) is 4.55 Å². The normalized spacial score (nSPS) is 11.9. The molecular formula is C14H16O3S. The summed E-state index contributed by atoms with van der Waals surface area (Å²) in [6.07, 6.45) is 1.67. The third kappa shape index (κ3) is 2.13. The van der Waals surface area contributed by atoms with Crippen LogP contribution >= 0.6 is 0 Å². The van der Waals surface area contributed by atoms with Gasteiger partial charge < -0.3 is 0 Å². The maximum atomic E-state index is 11.4. The minimum absolute atomic E-state index is 0.00926. The topological polar surface area (TPSA) is 54.4 Å². The van der Waals surface area contributed by atoms with E-state index < -0.39 is 10.1 Å². The van der Waals surface area contributed by atoms with Gasteiger partial charge in [-0.2, -0.15) is 8.42 Å². The molecule has 0 radical (unpaired) electrons. The minimum atomic E-state index is -4.18. The third-order valence-electron chi connectivity index (χ3n) is 3.21. The number of fused-ring (bicyclic) bond motifs is 1. The summed E-state index contributed by atoms with van der Waals surface area (Å²) < 4.78 is 32.1. The lowest BCUT2D eigenvalue weighted by atomic mass is 9.96. The molecule has 0 bridgehead atoms. The highest BCUT2D eigenvalue weighted by molar-refractivity contribution is 7.86. The van der Waals surface area contributed by atoms with Crippen LogP contribution in [-0.4, -0.2) is 13.0 Å². The molecule has 18 heavy (non-hydrogen) atoms. The van der Waals surface area contributed by atoms with E-state index in [4.69, 9.17) is 0 Å². The van der Waals surface area contributed by atoms with Gasteiger partial charge in [0, 0.05) is 5.39 Å². The van der Waals surface area contributed by atoms with Crippen molar-refractivity contribution in [2.45, 2.75) is 31.6 Å². The summed E-state index contributed by atoms with van der Waals surface area (Å²) in [5.41, 5.74) is 2.21. The molecule has 0 aromatic heterocycles. The van der Waals surface area contributed by atoms with Crippen molar-refractivity contribution in [3.8, 4) is 0 Å². The Morgan fingerprint density at radius 1 is 1.00 bits per heavy atom. The lowest BCUT2D eigenvalue weighted by molar-refractivity contribution is 0.484. The fourth-order valence-electron chi connectivity index (χ4n) is 2.35. The molecule has 0 heterocycles. The SMILES string of the molecule is CCc1cccc2c(S(=O)(=O)O)ccc(CC)c12. The standard InChI is InChI=1S/C14H16O3S/c1-3-10-6-5-7-12-13(18(15,16)17)9-8-11(4-2)14(10)12/h5-9H,3-4H2,1-2H3,(H,15,16,17). The zero-order valence-corrected chi connectivity index (χ0v) is 11.3. The number of hydrogen-bond acceptors (Lipinski definition) is 2. The quantitative estimate of drug-likeness (QED) is 0.866. The first-order valence-electron chi connectivity index (χ1n) is 6.00. The third-order valence-corrected chi connectivity index (χ3v) is 4.12. The first-order chi connectivity index (χ1) is 8.49. The van der Waals surface area contributed by atoms with E-state index in [1.165, 1.54) is 6.07 Å². The second-order valence-electron chi connectivity index (χ2n) is 4.24. The summed E-state index contributed by atoms with van der Waals surface area (Å²) in [7, 11) is -4.18. The molecule has 3 nitrogen and oxygen atoms in total. The smallest absolute Gasteiger partial charge is 0.282 e. The van der Waals surface area contributed by atoms with Crippen molar-refractivity contribution in [3.05, 3.63) is 41.5 Å². The van der Waals surface area contributed by atoms with E-state index in [0.29, 0.717) is 5.39 Å². The predicted octanol–water partition coefficient (Wildman–Crippen LogP) is 3.21. The number of benzene rings is 2. The van der Waals surface area contributed by atoms with Crippen LogP contribution in [0.1, 0.15) is 25.0 Å². The van der Waals surface area contributed by atoms with E-state index in [2.05, 4.69) is 0 Å². The lowest BCUT2D eigenvalue weighted by Crippen LogP contribution is -2.01. The molecular weight excluding hydrogens is 248 g/mol. The first-order valence-corrected chi connectivity index (χ1v) is 7.44. The summed E-state index contributed by atoms with van der Waals surface area (Å²) in [5, 5.41) is 1.56. The van der Waals surface area contributed by atoms with Gasteiger partial charge in [-0.25, -0.2) is 0 Å². The fraction of sp³-hybridized carbons (Fsp3) is 0.286. The van der Waals surface area contributed by atoms with Gasteiger partial charge in [0.05, 0.1) is 0 Å². The Balaban J connectivity index is 2.96. The van der Waals surface area contributed by atoms with Crippen molar-refractivity contribution < 1.29 is 13.0 Å². The predicted molar refractivity (Wildman–Crippen MR) is 72.5 cm³/mol. The van der Waals surface area contributed by atoms with Crippen LogP contribution in [-0.2, 0) is 23.0 Å². The maximum Gasteiger partial charge on any atom is 0.295 e. The van der Waals surface area contributed by atoms with Crippen LogP contribution in [0.15, 0.2) is 35.2 Å². The Morgan fingerprint density at radius 2 is 1.61 bits per heavy atom. The van der Waals surface area contributed by atoms with E-state index in [-0.39, 0.29) is 4.90 Å². The Hall–Kier alpha value is -1.39. The average molecular weight is 264 g/mol. The molecule has 2 aromatic carbocycles. The Kier molecular flexibility index (Phi) is 3.41. The minimum Gasteiger partial charge on any atom is -0.282 e. The van der Waals surface area contributed by atoms with E-state index in [0.717, 1.165) is 29.4 Å². The van der Waals surface area contributed by atoms with Crippen LogP contribution in [0.25, 0.3) is 10.8 Å². The second kappa shape index (κ2) is 4.71. The molecule has 2 rings (SSSR count). The van der Waals surface area contributed by atoms with Crippen molar-refractivity contribution in [2.75, 3.05) is 0 Å². The first kappa shape index (κ1) is 13.1. The molecule has 1 N–H and O–H groups in total. The van der Waals surface area contributed by atoms with Crippen LogP contribution in [0.5, 0.6) is 0 Å². The summed E-state index contributed by atoms with van der Waals surface area (Å²) in [4.78, 5) is -0.00926. The number of aryl methyl sites for hydroxylation is 2. The van der Waals surface area contributed by atoms with Crippen molar-refractivity contribution in [1.82, 2.24) is 0 Å². The zero-order valence-electron chi connectivity index (χ0n) is 10.5. The summed E-state index contributed by atoms with van der Waals surface area (Å²) in [5.74, 6) is 0. The summed E-state index contributed by atoms with van der Waals surface area (Å²) in [6.45, 7) is 4.07. The molecule has 2 aromatic rings. The average Bonchev–Trinajstić information content (AvgIpc) is 2.35. The van der Waals surface area contributed by atoms with Crippen molar-refractivity contribution in [1.29, 1.82) is 0 Å². The highest BCUT2D eigenvalue weighted by atomic mass is 32.2. The van der Waals surface area contributed by atoms with Gasteiger partial charge >= 0.3 is 0 Å². The molecule has 0 amide bonds. The molecule has 0 atom stereocenters. The van der Waals surface area contributed by atoms with Gasteiger partial charge in [0.1, 0.15) is 4.90 Å². The molecule has 0 unspecified atom stereocenters. The van der Waals surface area contributed by atoms with Gasteiger partial charge in [0.15, 0.2) is 0 Å². The molecule has 0 saturated carbocycles. The van der Waals surface area contributed by atoms with Crippen molar-refractivity contribution >= 4 is 20.9 Å². The molecule has 0 aliphatic carbocycles. The van der Waals surface area contributed by atoms with Gasteiger partial charge in [-0.1, -0.05) is 38.1 Å². The molecule has 0 spiro atoms. The van der Waals surface area contributed by atoms with Gasteiger partial charge in [-0.05, 0) is 35.4 Å². The van der Waals surface area contributed by atoms with Gasteiger partial charge in [0.2, 0.25) is 0 Å². The van der Waals surface area contributed by atoms with Gasteiger partial charge in [-0.15, -0.1) is 0 Å². The van der Waals surface area contributed by atoms with Crippen LogP contribution < -0.4 is 0 Å². The van der Waals surface area contributed by atoms with E-state index in [1.807, 2.05) is 26.0 Å². The Morgan fingerprint density at radius 3 is 2.17 bits per heavy atom. The van der Waals surface area contributed by atoms with Crippen LogP contribution in [0.2, 0.25) is 0 Å². The summed E-state index contributed by atoms with van der Waals surface area (Å²) >= 11 is 0. The highest BCUT2D eigenvalue weighted by Gasteiger charge is 2.16. The molecule has 0 saturated heterocycles. The summed E-state index contributed by atoms with van der Waals surface area (Å²) in [6, 6.07) is 8.84. The molecule has 0 fully saturated rings. The second-order valence-corrected chi connectivity index (χ2v) is 5.63. The Labute approximate surface area is 107 Å². The number of hydrogen-bond donors (Lipinski definition) is 1. The van der Waals surface area contributed by atoms with E-state index in [1.54, 1.807) is 12.1 Å². The highest BCUT2D eigenvalue weighted by Crippen LogP contribution is 2.29. The lowest BCUT2D eigenvalue weighted by Gasteiger charge is -2.12. The van der Waals surface area contributed by atoms with Crippen LogP contribution in [0.4, 0.5) is 0 Å². The molecule has 4 heteroatoms. The van der Waals surface area contributed by atoms with E-state index >= 15 is 0 Å². The Bertz CT molecular complexity index is 677. The maximum absolute atomic E-state index is 11.4. The fourth-order valence-corrected chi connectivity index (χ4v) is 3.04. The molecule has 96 valence electrons. The van der Waals surface area contributed by atoms with Crippen LogP contribution in [0, 0.1) is 0 Å². The monoisotopic (exact) mass is 264 g/mol. The number of rotatable bonds is 3. The molecule has 0 aliphatic rings. The van der Waals surface area contributed by atoms with E-state index in [9.17, 15) is 13.0 Å². The van der Waals surface area contributed by atoms with Crippen LogP contribution in [0.3, 0.4) is 0 Å². The van der Waals surface area contributed by atoms with Crippen molar-refractivity contribution in [3.63, 3.8) is 0 Å².